The molecule has 3 unspecified atom stereocenters. The molecule has 9 heavy (non-hydrogen) atoms. The summed E-state index contributed by atoms with van der Waals surface area (Å²) in [4.78, 5) is 0. The van der Waals surface area contributed by atoms with Gasteiger partial charge in [0.05, 0.1) is 0 Å². The van der Waals surface area contributed by atoms with E-state index in [9.17, 15) is 0 Å². The zero-order chi connectivity index (χ0) is 6.27. The molecule has 2 bridgehead atoms. The molecule has 0 spiro atoms. The Hall–Kier alpha value is 0.350. The zero-order valence-electron chi connectivity index (χ0n) is 5.71. The Morgan fingerprint density at radius 3 is 2.56 bits per heavy atom. The zero-order valence-corrected chi connectivity index (χ0v) is 6.61. The Morgan fingerprint density at radius 2 is 1.78 bits per heavy atom. The molecule has 52 valence electrons. The molecule has 2 aliphatic carbocycles. The van der Waals surface area contributed by atoms with Gasteiger partial charge in [-0.15, -0.1) is 0 Å². The maximum atomic E-state index is 4.56. The first-order valence-corrected chi connectivity index (χ1v) is 4.56. The molecule has 0 heterocycles. The standard InChI is InChI=1S/C8H14S/c9-8-4-2-6-1-3-7(8)5-6/h6-9H,1-5H2. The van der Waals surface area contributed by atoms with Gasteiger partial charge in [0.15, 0.2) is 0 Å². The highest BCUT2D eigenvalue weighted by Crippen LogP contribution is 2.43. The van der Waals surface area contributed by atoms with Gasteiger partial charge in [-0.3, -0.25) is 0 Å². The molecule has 1 heteroatoms. The van der Waals surface area contributed by atoms with Crippen LogP contribution >= 0.6 is 12.6 Å². The smallest absolute Gasteiger partial charge is 0.00452 e. The van der Waals surface area contributed by atoms with Gasteiger partial charge in [0.25, 0.3) is 0 Å². The summed E-state index contributed by atoms with van der Waals surface area (Å²) in [5.41, 5.74) is 0. The molecule has 2 aliphatic rings. The van der Waals surface area contributed by atoms with Crippen molar-refractivity contribution in [2.45, 2.75) is 37.4 Å². The minimum Gasteiger partial charge on any atom is -0.176 e. The van der Waals surface area contributed by atoms with Gasteiger partial charge in [0.2, 0.25) is 0 Å². The second-order valence-corrected chi connectivity index (χ2v) is 4.25. The van der Waals surface area contributed by atoms with Crippen molar-refractivity contribution in [1.82, 2.24) is 0 Å². The van der Waals surface area contributed by atoms with E-state index in [0.29, 0.717) is 0 Å². The van der Waals surface area contributed by atoms with Gasteiger partial charge < -0.3 is 0 Å². The lowest BCUT2D eigenvalue weighted by Crippen LogP contribution is -2.17. The average molecular weight is 142 g/mol. The van der Waals surface area contributed by atoms with E-state index in [2.05, 4.69) is 12.6 Å². The van der Waals surface area contributed by atoms with Crippen LogP contribution in [0.4, 0.5) is 0 Å². The Balaban J connectivity index is 2.05. The van der Waals surface area contributed by atoms with Crippen LogP contribution in [0.15, 0.2) is 0 Å². The second-order valence-electron chi connectivity index (χ2n) is 3.58. The fraction of sp³-hybridized carbons (Fsp3) is 1.00. The predicted octanol–water partition coefficient (Wildman–Crippen LogP) is 2.49. The van der Waals surface area contributed by atoms with E-state index in [1.165, 1.54) is 32.1 Å². The van der Waals surface area contributed by atoms with Crippen molar-refractivity contribution in [3.05, 3.63) is 0 Å². The normalized spacial score (nSPS) is 49.7. The molecule has 0 N–H and O–H groups in total. The molecule has 0 radical (unpaired) electrons. The van der Waals surface area contributed by atoms with Crippen LogP contribution in [0, 0.1) is 11.8 Å². The van der Waals surface area contributed by atoms with Crippen molar-refractivity contribution in [2.75, 3.05) is 0 Å². The van der Waals surface area contributed by atoms with Crippen LogP contribution < -0.4 is 0 Å². The summed E-state index contributed by atoms with van der Waals surface area (Å²) >= 11 is 4.56. The quantitative estimate of drug-likeness (QED) is 0.494. The molecule has 0 aliphatic heterocycles. The van der Waals surface area contributed by atoms with Crippen LogP contribution in [-0.4, -0.2) is 5.25 Å². The third kappa shape index (κ3) is 1.000. The second kappa shape index (κ2) is 2.19. The molecule has 2 saturated carbocycles. The Kier molecular flexibility index (Phi) is 1.48. The van der Waals surface area contributed by atoms with Crippen molar-refractivity contribution in [3.8, 4) is 0 Å². The van der Waals surface area contributed by atoms with Crippen LogP contribution in [-0.2, 0) is 0 Å². The van der Waals surface area contributed by atoms with E-state index in [1.807, 2.05) is 0 Å². The molecule has 3 atom stereocenters. The maximum absolute atomic E-state index is 4.56. The van der Waals surface area contributed by atoms with E-state index in [0.717, 1.165) is 17.1 Å². The van der Waals surface area contributed by atoms with E-state index in [4.69, 9.17) is 0 Å². The number of fused-ring (bicyclic) bond motifs is 2. The summed E-state index contributed by atoms with van der Waals surface area (Å²) in [6, 6.07) is 0. The first-order valence-electron chi connectivity index (χ1n) is 4.04. The summed E-state index contributed by atoms with van der Waals surface area (Å²) in [6.07, 6.45) is 7.32. The van der Waals surface area contributed by atoms with E-state index < -0.39 is 0 Å². The van der Waals surface area contributed by atoms with Crippen molar-refractivity contribution < 1.29 is 0 Å². The van der Waals surface area contributed by atoms with Crippen LogP contribution in [0.25, 0.3) is 0 Å². The van der Waals surface area contributed by atoms with Crippen LogP contribution in [0.5, 0.6) is 0 Å². The topological polar surface area (TPSA) is 0 Å². The first kappa shape index (κ1) is 6.09. The summed E-state index contributed by atoms with van der Waals surface area (Å²) in [7, 11) is 0. The lowest BCUT2D eigenvalue weighted by atomic mass is 9.89. The summed E-state index contributed by atoms with van der Waals surface area (Å²) in [5, 5.41) is 0.753. The number of rotatable bonds is 0. The number of thiol groups is 1. The van der Waals surface area contributed by atoms with Crippen molar-refractivity contribution in [1.29, 1.82) is 0 Å². The molecule has 0 aromatic rings. The molecular weight excluding hydrogens is 128 g/mol. The predicted molar refractivity (Wildman–Crippen MR) is 42.8 cm³/mol. The van der Waals surface area contributed by atoms with Gasteiger partial charge in [-0.1, -0.05) is 6.42 Å². The summed E-state index contributed by atoms with van der Waals surface area (Å²) in [5.74, 6) is 2.09. The van der Waals surface area contributed by atoms with Crippen molar-refractivity contribution >= 4 is 12.6 Å². The van der Waals surface area contributed by atoms with Crippen molar-refractivity contribution in [2.24, 2.45) is 11.8 Å². The lowest BCUT2D eigenvalue weighted by molar-refractivity contribution is 0.371. The third-order valence-electron chi connectivity index (χ3n) is 3.00. The summed E-state index contributed by atoms with van der Waals surface area (Å²) in [6.45, 7) is 0. The number of hydrogen-bond donors (Lipinski definition) is 1. The maximum Gasteiger partial charge on any atom is 0.00452 e. The highest BCUT2D eigenvalue weighted by atomic mass is 32.1. The van der Waals surface area contributed by atoms with Gasteiger partial charge in [-0.25, -0.2) is 0 Å². The Morgan fingerprint density at radius 1 is 1.00 bits per heavy atom. The monoisotopic (exact) mass is 142 g/mol. The fourth-order valence-corrected chi connectivity index (χ4v) is 2.79. The average Bonchev–Trinajstić information content (AvgIpc) is 2.25. The van der Waals surface area contributed by atoms with Gasteiger partial charge in [0.1, 0.15) is 0 Å². The van der Waals surface area contributed by atoms with E-state index >= 15 is 0 Å². The molecule has 0 nitrogen and oxygen atoms in total. The minimum absolute atomic E-state index is 0.753. The largest absolute Gasteiger partial charge is 0.176 e. The molecular formula is C8H14S. The Labute approximate surface area is 62.4 Å². The lowest BCUT2D eigenvalue weighted by Gasteiger charge is -2.24. The van der Waals surface area contributed by atoms with Gasteiger partial charge >= 0.3 is 0 Å². The molecule has 0 aromatic heterocycles. The fourth-order valence-electron chi connectivity index (χ4n) is 2.37. The highest BCUT2D eigenvalue weighted by Gasteiger charge is 2.33. The molecule has 0 aromatic carbocycles. The van der Waals surface area contributed by atoms with E-state index in [-0.39, 0.29) is 0 Å². The van der Waals surface area contributed by atoms with E-state index in [1.54, 1.807) is 0 Å². The third-order valence-corrected chi connectivity index (χ3v) is 3.68. The molecule has 2 fully saturated rings. The SMILES string of the molecule is SC1CCC2CCC1C2. The van der Waals surface area contributed by atoms with Crippen LogP contribution in [0.3, 0.4) is 0 Å². The minimum atomic E-state index is 0.753. The summed E-state index contributed by atoms with van der Waals surface area (Å²) < 4.78 is 0. The molecule has 2 rings (SSSR count). The van der Waals surface area contributed by atoms with Crippen LogP contribution in [0.2, 0.25) is 0 Å². The Bertz CT molecular complexity index is 111. The number of hydrogen-bond acceptors (Lipinski definition) is 1. The van der Waals surface area contributed by atoms with Crippen LogP contribution in [0.1, 0.15) is 32.1 Å². The molecule has 0 amide bonds. The van der Waals surface area contributed by atoms with Crippen molar-refractivity contribution in [3.63, 3.8) is 0 Å². The highest BCUT2D eigenvalue weighted by molar-refractivity contribution is 7.81. The molecule has 0 saturated heterocycles. The van der Waals surface area contributed by atoms with Gasteiger partial charge in [-0.2, -0.15) is 12.6 Å². The van der Waals surface area contributed by atoms with Gasteiger partial charge in [-0.05, 0) is 37.5 Å². The first-order chi connectivity index (χ1) is 4.36. The van der Waals surface area contributed by atoms with Gasteiger partial charge in [0, 0.05) is 5.25 Å².